The fourth-order valence-corrected chi connectivity index (χ4v) is 1.72. The van der Waals surface area contributed by atoms with Crippen molar-refractivity contribution in [3.8, 4) is 0 Å². The Morgan fingerprint density at radius 2 is 2.00 bits per heavy atom. The first-order chi connectivity index (χ1) is 7.36. The highest BCUT2D eigenvalue weighted by Gasteiger charge is 2.06. The van der Waals surface area contributed by atoms with E-state index in [4.69, 9.17) is 0 Å². The zero-order valence-corrected chi connectivity index (χ0v) is 8.65. The Hall–Kier alpha value is -1.63. The number of rotatable bonds is 4. The Morgan fingerprint density at radius 1 is 1.20 bits per heavy atom. The van der Waals surface area contributed by atoms with Gasteiger partial charge in [-0.3, -0.25) is 4.79 Å². The van der Waals surface area contributed by atoms with Gasteiger partial charge in [-0.25, -0.2) is 0 Å². The van der Waals surface area contributed by atoms with Crippen molar-refractivity contribution in [1.29, 1.82) is 0 Å². The molecule has 1 aliphatic carbocycles. The van der Waals surface area contributed by atoms with Crippen LogP contribution in [0.2, 0.25) is 0 Å². The molecule has 0 aliphatic heterocycles. The molecule has 0 radical (unpaired) electrons. The van der Waals surface area contributed by atoms with Crippen LogP contribution < -0.4 is 0 Å². The molecule has 0 atom stereocenters. The molecular weight excluding hydrogens is 184 g/mol. The summed E-state index contributed by atoms with van der Waals surface area (Å²) in [5.74, 6) is 0.233. The second-order valence-electron chi connectivity index (χ2n) is 3.71. The van der Waals surface area contributed by atoms with Crippen molar-refractivity contribution in [3.05, 3.63) is 59.7 Å². The Morgan fingerprint density at radius 3 is 2.67 bits per heavy atom. The van der Waals surface area contributed by atoms with E-state index in [1.54, 1.807) is 0 Å². The maximum absolute atomic E-state index is 11.8. The average Bonchev–Trinajstić information content (AvgIpc) is 2.80. The Balaban J connectivity index is 1.90. The summed E-state index contributed by atoms with van der Waals surface area (Å²) in [5.41, 5.74) is 2.11. The van der Waals surface area contributed by atoms with Crippen molar-refractivity contribution in [2.24, 2.45) is 0 Å². The van der Waals surface area contributed by atoms with E-state index in [0.29, 0.717) is 6.42 Å². The van der Waals surface area contributed by atoms with Crippen LogP contribution in [0.5, 0.6) is 0 Å². The van der Waals surface area contributed by atoms with Crippen LogP contribution in [0.4, 0.5) is 0 Å². The lowest BCUT2D eigenvalue weighted by atomic mass is 10.0. The Labute approximate surface area is 90.1 Å². The first kappa shape index (κ1) is 9.91. The number of Topliss-reactive ketones (excluding diaryl/α,β-unsaturated/α-hetero) is 1. The minimum atomic E-state index is 0.233. The predicted molar refractivity (Wildman–Crippen MR) is 61.8 cm³/mol. The van der Waals surface area contributed by atoms with Crippen LogP contribution in [0.1, 0.15) is 29.6 Å². The molecule has 1 nitrogen and oxygen atoms in total. The second kappa shape index (κ2) is 4.74. The first-order valence-electron chi connectivity index (χ1n) is 5.30. The number of carbonyl (C=O) groups is 1. The number of carbonyl (C=O) groups excluding carboxylic acids is 1. The van der Waals surface area contributed by atoms with Gasteiger partial charge in [0.1, 0.15) is 0 Å². The number of allylic oxidation sites excluding steroid dienone is 4. The van der Waals surface area contributed by atoms with Gasteiger partial charge in [-0.2, -0.15) is 0 Å². The third-order valence-electron chi connectivity index (χ3n) is 2.58. The fourth-order valence-electron chi connectivity index (χ4n) is 1.72. The summed E-state index contributed by atoms with van der Waals surface area (Å²) in [4.78, 5) is 11.8. The SMILES string of the molecule is O=C(CCC1=CCC=C1)c1ccccc1. The molecule has 0 aromatic heterocycles. The van der Waals surface area contributed by atoms with Gasteiger partial charge < -0.3 is 0 Å². The van der Waals surface area contributed by atoms with Gasteiger partial charge in [0.25, 0.3) is 0 Å². The van der Waals surface area contributed by atoms with Gasteiger partial charge in [0, 0.05) is 12.0 Å². The molecule has 0 N–H and O–H groups in total. The molecular formula is C14H14O. The summed E-state index contributed by atoms with van der Waals surface area (Å²) >= 11 is 0. The smallest absolute Gasteiger partial charge is 0.163 e. The number of hydrogen-bond acceptors (Lipinski definition) is 1. The van der Waals surface area contributed by atoms with E-state index in [2.05, 4.69) is 18.2 Å². The van der Waals surface area contributed by atoms with Gasteiger partial charge >= 0.3 is 0 Å². The minimum absolute atomic E-state index is 0.233. The normalized spacial score (nSPS) is 14.0. The molecule has 2 rings (SSSR count). The van der Waals surface area contributed by atoms with E-state index in [9.17, 15) is 4.79 Å². The fraction of sp³-hybridized carbons (Fsp3) is 0.214. The molecule has 0 spiro atoms. The lowest BCUT2D eigenvalue weighted by Gasteiger charge is -2.00. The van der Waals surface area contributed by atoms with Crippen molar-refractivity contribution in [3.63, 3.8) is 0 Å². The maximum Gasteiger partial charge on any atom is 0.163 e. The molecule has 0 heterocycles. The van der Waals surface area contributed by atoms with Crippen LogP contribution >= 0.6 is 0 Å². The lowest BCUT2D eigenvalue weighted by molar-refractivity contribution is 0.0983. The van der Waals surface area contributed by atoms with Crippen LogP contribution in [0.3, 0.4) is 0 Å². The Kier molecular flexibility index (Phi) is 3.13. The van der Waals surface area contributed by atoms with E-state index in [1.807, 2.05) is 30.3 Å². The first-order valence-corrected chi connectivity index (χ1v) is 5.30. The number of ketones is 1. The van der Waals surface area contributed by atoms with Gasteiger partial charge in [-0.1, -0.05) is 54.1 Å². The monoisotopic (exact) mass is 198 g/mol. The van der Waals surface area contributed by atoms with Gasteiger partial charge in [0.2, 0.25) is 0 Å². The van der Waals surface area contributed by atoms with Crippen LogP contribution in [-0.2, 0) is 0 Å². The lowest BCUT2D eigenvalue weighted by Crippen LogP contribution is -1.98. The van der Waals surface area contributed by atoms with Crippen LogP contribution in [-0.4, -0.2) is 5.78 Å². The number of hydrogen-bond donors (Lipinski definition) is 0. The molecule has 0 saturated carbocycles. The Bertz CT molecular complexity index is 399. The summed E-state index contributed by atoms with van der Waals surface area (Å²) < 4.78 is 0. The number of benzene rings is 1. The van der Waals surface area contributed by atoms with Crippen molar-refractivity contribution in [2.75, 3.05) is 0 Å². The predicted octanol–water partition coefficient (Wildman–Crippen LogP) is 3.54. The summed E-state index contributed by atoms with van der Waals surface area (Å²) in [7, 11) is 0. The van der Waals surface area contributed by atoms with E-state index in [1.165, 1.54) is 5.57 Å². The summed E-state index contributed by atoms with van der Waals surface area (Å²) in [5, 5.41) is 0. The molecule has 1 heteroatoms. The van der Waals surface area contributed by atoms with Crippen molar-refractivity contribution in [2.45, 2.75) is 19.3 Å². The zero-order valence-electron chi connectivity index (χ0n) is 8.65. The maximum atomic E-state index is 11.8. The van der Waals surface area contributed by atoms with Crippen molar-refractivity contribution in [1.82, 2.24) is 0 Å². The average molecular weight is 198 g/mol. The third kappa shape index (κ3) is 2.66. The molecule has 1 aromatic carbocycles. The third-order valence-corrected chi connectivity index (χ3v) is 2.58. The van der Waals surface area contributed by atoms with Crippen LogP contribution in [0.25, 0.3) is 0 Å². The molecule has 0 amide bonds. The van der Waals surface area contributed by atoms with Gasteiger partial charge in [0.15, 0.2) is 5.78 Å². The highest BCUT2D eigenvalue weighted by molar-refractivity contribution is 5.96. The quantitative estimate of drug-likeness (QED) is 0.676. The molecule has 1 aliphatic rings. The standard InChI is InChI=1S/C14H14O/c15-14(13-8-2-1-3-9-13)11-10-12-6-4-5-7-12/h1-4,6-9H,5,10-11H2. The van der Waals surface area contributed by atoms with Crippen molar-refractivity contribution >= 4 is 5.78 Å². The van der Waals surface area contributed by atoms with Crippen LogP contribution in [0.15, 0.2) is 54.1 Å². The molecule has 0 unspecified atom stereocenters. The largest absolute Gasteiger partial charge is 0.294 e. The highest BCUT2D eigenvalue weighted by Crippen LogP contribution is 2.16. The zero-order chi connectivity index (χ0) is 10.5. The summed E-state index contributed by atoms with van der Waals surface area (Å²) in [6.07, 6.45) is 8.91. The van der Waals surface area contributed by atoms with E-state index >= 15 is 0 Å². The van der Waals surface area contributed by atoms with E-state index < -0.39 is 0 Å². The van der Waals surface area contributed by atoms with Gasteiger partial charge in [-0.05, 0) is 12.8 Å². The minimum Gasteiger partial charge on any atom is -0.294 e. The van der Waals surface area contributed by atoms with Gasteiger partial charge in [0.05, 0.1) is 0 Å². The summed E-state index contributed by atoms with van der Waals surface area (Å²) in [6, 6.07) is 9.49. The topological polar surface area (TPSA) is 17.1 Å². The highest BCUT2D eigenvalue weighted by atomic mass is 16.1. The second-order valence-corrected chi connectivity index (χ2v) is 3.71. The molecule has 1 aromatic rings. The van der Waals surface area contributed by atoms with Crippen molar-refractivity contribution < 1.29 is 4.79 Å². The molecule has 76 valence electrons. The van der Waals surface area contributed by atoms with Crippen LogP contribution in [0, 0.1) is 0 Å². The summed E-state index contributed by atoms with van der Waals surface area (Å²) in [6.45, 7) is 0. The molecule has 0 fully saturated rings. The van der Waals surface area contributed by atoms with E-state index in [-0.39, 0.29) is 5.78 Å². The molecule has 0 bridgehead atoms. The van der Waals surface area contributed by atoms with Gasteiger partial charge in [-0.15, -0.1) is 0 Å². The molecule has 0 saturated heterocycles. The van der Waals surface area contributed by atoms with E-state index in [0.717, 1.165) is 18.4 Å². The molecule has 15 heavy (non-hydrogen) atoms.